The third-order valence-corrected chi connectivity index (χ3v) is 9.15. The average molecular weight is 544 g/mol. The molecule has 1 saturated heterocycles. The van der Waals surface area contributed by atoms with Crippen molar-refractivity contribution in [3.63, 3.8) is 0 Å². The van der Waals surface area contributed by atoms with Gasteiger partial charge in [0.25, 0.3) is 0 Å². The minimum Gasteiger partial charge on any atom is -0.395 e. The minimum absolute atomic E-state index is 0.224. The molecule has 5 fully saturated rings. The van der Waals surface area contributed by atoms with Crippen molar-refractivity contribution in [1.82, 2.24) is 14.9 Å². The number of hydrogen-bond donors (Lipinski definition) is 4. The first-order chi connectivity index (χ1) is 17.0. The van der Waals surface area contributed by atoms with Gasteiger partial charge < -0.3 is 25.7 Å². The Morgan fingerprint density at radius 1 is 1.03 bits per heavy atom. The lowest BCUT2D eigenvalue weighted by Crippen LogP contribution is -2.59. The largest absolute Gasteiger partial charge is 0.395 e. The maximum atomic E-state index is 10.9. The smallest absolute Gasteiger partial charge is 0.229 e. The van der Waals surface area contributed by atoms with Gasteiger partial charge in [0.05, 0.1) is 16.7 Å². The molecule has 8 nitrogen and oxygen atoms in total. The molecule has 4 aliphatic carbocycles. The van der Waals surface area contributed by atoms with E-state index in [-0.39, 0.29) is 6.61 Å². The van der Waals surface area contributed by atoms with Crippen molar-refractivity contribution in [2.75, 3.05) is 54.9 Å². The second-order valence-corrected chi connectivity index (χ2v) is 11.8. The van der Waals surface area contributed by atoms with Gasteiger partial charge in [-0.2, -0.15) is 4.98 Å². The molecule has 1 aliphatic heterocycles. The van der Waals surface area contributed by atoms with Gasteiger partial charge in [-0.1, -0.05) is 0 Å². The van der Waals surface area contributed by atoms with Crippen molar-refractivity contribution < 1.29 is 10.2 Å². The van der Waals surface area contributed by atoms with Crippen molar-refractivity contribution in [2.24, 2.45) is 17.8 Å². The first-order valence-electron chi connectivity index (χ1n) is 12.9. The van der Waals surface area contributed by atoms with Gasteiger partial charge >= 0.3 is 0 Å². The van der Waals surface area contributed by atoms with E-state index in [9.17, 15) is 5.11 Å². The van der Waals surface area contributed by atoms with Gasteiger partial charge in [0.1, 0.15) is 5.82 Å². The van der Waals surface area contributed by atoms with E-state index < -0.39 is 5.60 Å². The lowest BCUT2D eigenvalue weighted by Gasteiger charge is -2.58. The summed E-state index contributed by atoms with van der Waals surface area (Å²) < 4.78 is 0.867. The van der Waals surface area contributed by atoms with Crippen molar-refractivity contribution in [1.29, 1.82) is 0 Å². The third kappa shape index (κ3) is 4.88. The van der Waals surface area contributed by atoms with E-state index in [2.05, 4.69) is 65.6 Å². The standard InChI is InChI=1S/C26H35BrN6O2/c27-22-16-28-25(29-20-1-3-21(4-2-20)33-7-5-32(6-8-33)9-10-34)31-24(22)30-23-18-11-17-12-19(23)15-26(35,13-17)14-18/h1-4,16-19,23,34-35H,5-15H2,(H2,28,29,30,31). The van der Waals surface area contributed by atoms with Crippen LogP contribution in [-0.2, 0) is 0 Å². The van der Waals surface area contributed by atoms with Crippen LogP contribution < -0.4 is 15.5 Å². The van der Waals surface area contributed by atoms with Crippen molar-refractivity contribution >= 4 is 39.1 Å². The average Bonchev–Trinajstić information content (AvgIpc) is 2.83. The van der Waals surface area contributed by atoms with Crippen molar-refractivity contribution in [3.05, 3.63) is 34.9 Å². The molecule has 188 valence electrons. The van der Waals surface area contributed by atoms with Crippen LogP contribution >= 0.6 is 15.9 Å². The molecule has 2 heterocycles. The number of halogens is 1. The summed E-state index contributed by atoms with van der Waals surface area (Å²) in [6, 6.07) is 8.80. The summed E-state index contributed by atoms with van der Waals surface area (Å²) in [4.78, 5) is 14.0. The second-order valence-electron chi connectivity index (χ2n) is 11.0. The van der Waals surface area contributed by atoms with Gasteiger partial charge in [-0.25, -0.2) is 4.98 Å². The van der Waals surface area contributed by atoms with Crippen molar-refractivity contribution in [3.8, 4) is 0 Å². The normalized spacial score (nSPS) is 32.1. The Kier molecular flexibility index (Phi) is 6.37. The highest BCUT2D eigenvalue weighted by atomic mass is 79.9. The lowest BCUT2D eigenvalue weighted by atomic mass is 9.52. The molecule has 1 aromatic carbocycles. The number of nitrogens with zero attached hydrogens (tertiary/aromatic N) is 4. The molecule has 2 unspecified atom stereocenters. The number of benzene rings is 1. The number of nitrogens with one attached hydrogen (secondary N) is 2. The zero-order valence-electron chi connectivity index (χ0n) is 20.0. The van der Waals surface area contributed by atoms with E-state index in [1.807, 2.05) is 6.20 Å². The van der Waals surface area contributed by atoms with Crippen LogP contribution in [0.2, 0.25) is 0 Å². The quantitative estimate of drug-likeness (QED) is 0.422. The first-order valence-corrected chi connectivity index (χ1v) is 13.7. The predicted molar refractivity (Wildman–Crippen MR) is 141 cm³/mol. The van der Waals surface area contributed by atoms with Crippen LogP contribution in [0.5, 0.6) is 0 Å². The molecular formula is C26H35BrN6O2. The van der Waals surface area contributed by atoms with E-state index in [1.165, 1.54) is 18.5 Å². The molecule has 0 amide bonds. The summed E-state index contributed by atoms with van der Waals surface area (Å²) >= 11 is 3.63. The lowest BCUT2D eigenvalue weighted by molar-refractivity contribution is -0.129. The monoisotopic (exact) mass is 542 g/mol. The van der Waals surface area contributed by atoms with Crippen LogP contribution in [0.1, 0.15) is 32.1 Å². The molecule has 5 aliphatic rings. The Hall–Kier alpha value is -1.94. The Balaban J connectivity index is 1.10. The maximum Gasteiger partial charge on any atom is 0.229 e. The molecule has 4 N–H and O–H groups in total. The van der Waals surface area contributed by atoms with E-state index >= 15 is 0 Å². The molecule has 7 rings (SSSR count). The molecule has 4 bridgehead atoms. The Bertz CT molecular complexity index is 1030. The summed E-state index contributed by atoms with van der Waals surface area (Å²) in [6.07, 6.45) is 7.06. The van der Waals surface area contributed by atoms with Crippen LogP contribution in [0, 0.1) is 17.8 Å². The van der Waals surface area contributed by atoms with Crippen LogP contribution in [0.3, 0.4) is 0 Å². The van der Waals surface area contributed by atoms with Gasteiger partial charge in [-0.3, -0.25) is 4.90 Å². The van der Waals surface area contributed by atoms with Gasteiger partial charge in [0.2, 0.25) is 5.95 Å². The van der Waals surface area contributed by atoms with Gasteiger partial charge in [-0.15, -0.1) is 0 Å². The van der Waals surface area contributed by atoms with Gasteiger partial charge in [0, 0.05) is 56.3 Å². The number of β-amino-alcohol motifs (C(OH)–C–C–N with tert-alkyl or cyclic N) is 1. The van der Waals surface area contributed by atoms with Gasteiger partial charge in [0.15, 0.2) is 0 Å². The third-order valence-electron chi connectivity index (χ3n) is 8.57. The van der Waals surface area contributed by atoms with E-state index in [1.54, 1.807) is 0 Å². The molecular weight excluding hydrogens is 508 g/mol. The summed E-state index contributed by atoms with van der Waals surface area (Å²) in [5, 5.41) is 27.1. The second kappa shape index (κ2) is 9.50. The molecule has 2 atom stereocenters. The van der Waals surface area contributed by atoms with Crippen LogP contribution in [-0.4, -0.2) is 76.1 Å². The zero-order chi connectivity index (χ0) is 24.0. The van der Waals surface area contributed by atoms with Crippen LogP contribution in [0.25, 0.3) is 0 Å². The molecule has 35 heavy (non-hydrogen) atoms. The fourth-order valence-corrected chi connectivity index (χ4v) is 7.46. The minimum atomic E-state index is -0.427. The molecule has 0 spiro atoms. The first kappa shape index (κ1) is 23.5. The Labute approximate surface area is 215 Å². The number of anilines is 4. The van der Waals surface area contributed by atoms with E-state index in [0.717, 1.165) is 68.0 Å². The summed E-state index contributed by atoms with van der Waals surface area (Å²) in [7, 11) is 0. The number of aliphatic hydroxyl groups excluding tert-OH is 1. The summed E-state index contributed by atoms with van der Waals surface area (Å²) in [6.45, 7) is 4.88. The van der Waals surface area contributed by atoms with Gasteiger partial charge in [-0.05, 0) is 90.1 Å². The Morgan fingerprint density at radius 2 is 1.74 bits per heavy atom. The van der Waals surface area contributed by atoms with E-state index in [0.29, 0.717) is 29.7 Å². The molecule has 9 heteroatoms. The number of hydrogen-bond acceptors (Lipinski definition) is 8. The number of piperazine rings is 1. The fourth-order valence-electron chi connectivity index (χ4n) is 7.16. The topological polar surface area (TPSA) is 96.8 Å². The fraction of sp³-hybridized carbons (Fsp3) is 0.615. The van der Waals surface area contributed by atoms with E-state index in [4.69, 9.17) is 10.1 Å². The highest BCUT2D eigenvalue weighted by molar-refractivity contribution is 9.10. The highest BCUT2D eigenvalue weighted by Gasteiger charge is 2.54. The number of aliphatic hydroxyl groups is 2. The summed E-state index contributed by atoms with van der Waals surface area (Å²) in [5.74, 6) is 3.12. The highest BCUT2D eigenvalue weighted by Crippen LogP contribution is 2.56. The Morgan fingerprint density at radius 3 is 2.40 bits per heavy atom. The number of rotatable bonds is 7. The SMILES string of the molecule is OCCN1CCN(c2ccc(Nc3ncc(Br)c(NC4C5CC6CC4CC(O)(C6)C5)n3)cc2)CC1. The van der Waals surface area contributed by atoms with Crippen molar-refractivity contribution in [2.45, 2.75) is 43.7 Å². The molecule has 2 aromatic rings. The molecule has 1 aromatic heterocycles. The molecule has 0 radical (unpaired) electrons. The summed E-state index contributed by atoms with van der Waals surface area (Å²) in [5.41, 5.74) is 1.74. The van der Waals surface area contributed by atoms with Crippen LogP contribution in [0.4, 0.5) is 23.1 Å². The predicted octanol–water partition coefficient (Wildman–Crippen LogP) is 3.45. The zero-order valence-corrected chi connectivity index (χ0v) is 21.6. The number of aromatic nitrogens is 2. The maximum absolute atomic E-state index is 10.9. The van der Waals surface area contributed by atoms with Crippen LogP contribution in [0.15, 0.2) is 34.9 Å². The molecule has 4 saturated carbocycles.